The van der Waals surface area contributed by atoms with E-state index in [1.54, 1.807) is 0 Å². The van der Waals surface area contributed by atoms with E-state index in [2.05, 4.69) is 75.4 Å². The number of hydrogen-bond acceptors (Lipinski definition) is 0. The summed E-state index contributed by atoms with van der Waals surface area (Å²) >= 11 is 0. The zero-order valence-corrected chi connectivity index (χ0v) is 10.7. The number of benzene rings is 2. The summed E-state index contributed by atoms with van der Waals surface area (Å²) in [6.45, 7) is 6.30. The average molecular weight is 222 g/mol. The van der Waals surface area contributed by atoms with Gasteiger partial charge in [-0.05, 0) is 48.2 Å². The van der Waals surface area contributed by atoms with Crippen LogP contribution in [0.15, 0.2) is 54.6 Å². The van der Waals surface area contributed by atoms with Gasteiger partial charge in [-0.15, -0.1) is 0 Å². The highest BCUT2D eigenvalue weighted by atomic mass is 14.1. The maximum atomic E-state index is 2.26. The van der Waals surface area contributed by atoms with Gasteiger partial charge in [-0.25, -0.2) is 0 Å². The van der Waals surface area contributed by atoms with Crippen LogP contribution in [0.1, 0.15) is 25.0 Å². The summed E-state index contributed by atoms with van der Waals surface area (Å²) in [5.74, 6) is 0. The first-order chi connectivity index (χ1) is 8.26. The maximum absolute atomic E-state index is 2.26. The molecule has 0 saturated carbocycles. The van der Waals surface area contributed by atoms with Crippen LogP contribution in [0.3, 0.4) is 0 Å². The van der Waals surface area contributed by atoms with Crippen molar-refractivity contribution >= 4 is 16.3 Å². The highest BCUT2D eigenvalue weighted by molar-refractivity contribution is 5.96. The lowest BCUT2D eigenvalue weighted by atomic mass is 9.95. The van der Waals surface area contributed by atoms with Gasteiger partial charge < -0.3 is 0 Å². The summed E-state index contributed by atoms with van der Waals surface area (Å²) in [5, 5.41) is 2.63. The summed E-state index contributed by atoms with van der Waals surface area (Å²) in [7, 11) is 0. The summed E-state index contributed by atoms with van der Waals surface area (Å²) in [6.07, 6.45) is 6.43. The van der Waals surface area contributed by atoms with Crippen LogP contribution in [0.4, 0.5) is 0 Å². The monoisotopic (exact) mass is 222 g/mol. The number of aryl methyl sites for hydroxylation is 1. The quantitative estimate of drug-likeness (QED) is 0.618. The second-order valence-electron chi connectivity index (χ2n) is 4.28. The highest BCUT2D eigenvalue weighted by Crippen LogP contribution is 2.27. The van der Waals surface area contributed by atoms with Gasteiger partial charge in [0.05, 0.1) is 0 Å². The molecule has 0 nitrogen and oxygen atoms in total. The molecule has 2 aromatic carbocycles. The molecular formula is C17H18. The second-order valence-corrected chi connectivity index (χ2v) is 4.28. The fourth-order valence-corrected chi connectivity index (χ4v) is 2.22. The molecule has 0 unspecified atom stereocenters. The van der Waals surface area contributed by atoms with Crippen molar-refractivity contribution in [3.8, 4) is 0 Å². The molecule has 86 valence electrons. The molecule has 0 heterocycles. The SMILES string of the molecule is CC=C(/C=C\C)c1cc(C)cc2ccccc12. The van der Waals surface area contributed by atoms with Crippen LogP contribution < -0.4 is 0 Å². The molecule has 0 atom stereocenters. The van der Waals surface area contributed by atoms with E-state index in [0.717, 1.165) is 0 Å². The standard InChI is InChI=1S/C17H18/c1-4-8-14(5-2)17-12-13(3)11-15-9-6-7-10-16(15)17/h4-12H,1-3H3/b8-4-,14-5?. The predicted octanol–water partition coefficient (Wildman–Crippen LogP) is 5.13. The van der Waals surface area contributed by atoms with Crippen molar-refractivity contribution in [1.82, 2.24) is 0 Å². The Morgan fingerprint density at radius 1 is 1.06 bits per heavy atom. The van der Waals surface area contributed by atoms with Gasteiger partial charge in [0.2, 0.25) is 0 Å². The molecule has 0 amide bonds. The number of rotatable bonds is 2. The molecule has 0 aromatic heterocycles. The molecule has 2 aromatic rings. The van der Waals surface area contributed by atoms with E-state index < -0.39 is 0 Å². The smallest absolute Gasteiger partial charge is 0.0105 e. The lowest BCUT2D eigenvalue weighted by molar-refractivity contribution is 1.48. The Hall–Kier alpha value is -1.82. The van der Waals surface area contributed by atoms with E-state index in [1.807, 2.05) is 0 Å². The Morgan fingerprint density at radius 3 is 2.53 bits per heavy atom. The summed E-state index contributed by atoms with van der Waals surface area (Å²) in [5.41, 5.74) is 3.91. The van der Waals surface area contributed by atoms with E-state index in [0.29, 0.717) is 0 Å². The van der Waals surface area contributed by atoms with Crippen molar-refractivity contribution in [1.29, 1.82) is 0 Å². The molecule has 0 radical (unpaired) electrons. The van der Waals surface area contributed by atoms with Crippen LogP contribution in [0.5, 0.6) is 0 Å². The predicted molar refractivity (Wildman–Crippen MR) is 77.2 cm³/mol. The van der Waals surface area contributed by atoms with E-state index in [1.165, 1.54) is 27.5 Å². The van der Waals surface area contributed by atoms with Crippen LogP contribution in [-0.4, -0.2) is 0 Å². The lowest BCUT2D eigenvalue weighted by Gasteiger charge is -2.09. The van der Waals surface area contributed by atoms with Gasteiger partial charge in [-0.1, -0.05) is 54.6 Å². The molecular weight excluding hydrogens is 204 g/mol. The van der Waals surface area contributed by atoms with Crippen molar-refractivity contribution in [3.63, 3.8) is 0 Å². The molecule has 17 heavy (non-hydrogen) atoms. The third-order valence-corrected chi connectivity index (χ3v) is 2.97. The fraction of sp³-hybridized carbons (Fsp3) is 0.176. The molecule has 0 aliphatic carbocycles. The van der Waals surface area contributed by atoms with E-state index in [4.69, 9.17) is 0 Å². The van der Waals surface area contributed by atoms with Gasteiger partial charge in [0.1, 0.15) is 0 Å². The Bertz CT molecular complexity index is 586. The minimum atomic E-state index is 1.28. The molecule has 0 bridgehead atoms. The van der Waals surface area contributed by atoms with Gasteiger partial charge in [-0.2, -0.15) is 0 Å². The van der Waals surface area contributed by atoms with Crippen LogP contribution >= 0.6 is 0 Å². The molecule has 0 heteroatoms. The topological polar surface area (TPSA) is 0 Å². The zero-order chi connectivity index (χ0) is 12.3. The number of allylic oxidation sites excluding steroid dienone is 4. The van der Waals surface area contributed by atoms with Gasteiger partial charge in [0.25, 0.3) is 0 Å². The van der Waals surface area contributed by atoms with E-state index in [-0.39, 0.29) is 0 Å². The van der Waals surface area contributed by atoms with Gasteiger partial charge in [-0.3, -0.25) is 0 Å². The van der Waals surface area contributed by atoms with E-state index in [9.17, 15) is 0 Å². The lowest BCUT2D eigenvalue weighted by Crippen LogP contribution is -1.86. The highest BCUT2D eigenvalue weighted by Gasteiger charge is 2.04. The van der Waals surface area contributed by atoms with Gasteiger partial charge in [0, 0.05) is 0 Å². The van der Waals surface area contributed by atoms with Crippen LogP contribution in [0, 0.1) is 6.92 Å². The van der Waals surface area contributed by atoms with Crippen molar-refractivity contribution in [2.45, 2.75) is 20.8 Å². The number of fused-ring (bicyclic) bond motifs is 1. The summed E-state index contributed by atoms with van der Waals surface area (Å²) in [4.78, 5) is 0. The van der Waals surface area contributed by atoms with E-state index >= 15 is 0 Å². The van der Waals surface area contributed by atoms with Crippen LogP contribution in [-0.2, 0) is 0 Å². The Labute approximate surface area is 103 Å². The van der Waals surface area contributed by atoms with Crippen LogP contribution in [0.25, 0.3) is 16.3 Å². The molecule has 0 fully saturated rings. The number of hydrogen-bond donors (Lipinski definition) is 0. The largest absolute Gasteiger partial charge is 0.0871 e. The fourth-order valence-electron chi connectivity index (χ4n) is 2.22. The van der Waals surface area contributed by atoms with Crippen molar-refractivity contribution < 1.29 is 0 Å². The summed E-state index contributed by atoms with van der Waals surface area (Å²) < 4.78 is 0. The zero-order valence-electron chi connectivity index (χ0n) is 10.7. The minimum absolute atomic E-state index is 1.28. The first-order valence-corrected chi connectivity index (χ1v) is 6.05. The van der Waals surface area contributed by atoms with Crippen molar-refractivity contribution in [3.05, 3.63) is 65.8 Å². The Balaban J connectivity index is 2.75. The molecule has 0 N–H and O–H groups in total. The second kappa shape index (κ2) is 5.01. The Kier molecular flexibility index (Phi) is 3.43. The van der Waals surface area contributed by atoms with Crippen molar-refractivity contribution in [2.24, 2.45) is 0 Å². The molecule has 0 saturated heterocycles. The molecule has 0 spiro atoms. The maximum Gasteiger partial charge on any atom is -0.0105 e. The first kappa shape index (κ1) is 11.7. The first-order valence-electron chi connectivity index (χ1n) is 6.05. The minimum Gasteiger partial charge on any atom is -0.0871 e. The Morgan fingerprint density at radius 2 is 1.82 bits per heavy atom. The van der Waals surface area contributed by atoms with Crippen molar-refractivity contribution in [2.75, 3.05) is 0 Å². The van der Waals surface area contributed by atoms with Crippen LogP contribution in [0.2, 0.25) is 0 Å². The average Bonchev–Trinajstić information content (AvgIpc) is 2.35. The third kappa shape index (κ3) is 2.31. The van der Waals surface area contributed by atoms with Gasteiger partial charge in [0.15, 0.2) is 0 Å². The van der Waals surface area contributed by atoms with Gasteiger partial charge >= 0.3 is 0 Å². The molecule has 0 aliphatic heterocycles. The summed E-state index contributed by atoms with van der Waals surface area (Å²) in [6, 6.07) is 13.1. The molecule has 2 rings (SSSR count). The normalized spacial score (nSPS) is 12.5. The molecule has 0 aliphatic rings. The third-order valence-electron chi connectivity index (χ3n) is 2.97.